The summed E-state index contributed by atoms with van der Waals surface area (Å²) in [6.07, 6.45) is 1.06. The van der Waals surface area contributed by atoms with Crippen LogP contribution in [0.3, 0.4) is 0 Å². The normalized spacial score (nSPS) is 21.4. The number of halogens is 1. The summed E-state index contributed by atoms with van der Waals surface area (Å²) in [5, 5.41) is 3.48. The second kappa shape index (κ2) is 10.6. The highest BCUT2D eigenvalue weighted by atomic mass is 127. The Morgan fingerprint density at radius 1 is 1.36 bits per heavy atom. The molecule has 25 heavy (non-hydrogen) atoms. The number of hydrogen-bond acceptors (Lipinski definition) is 3. The van der Waals surface area contributed by atoms with Gasteiger partial charge in [0.05, 0.1) is 13.0 Å². The van der Waals surface area contributed by atoms with E-state index in [-0.39, 0.29) is 41.8 Å². The Bertz CT molecular complexity index is 565. The molecule has 1 aliphatic heterocycles. The number of ether oxygens (including phenoxy) is 1. The SMILES string of the molecule is CCC(CNC(=NC)N1CC(C)C(C(=O)OC)C1)c1ccccc1.I. The fourth-order valence-electron chi connectivity index (χ4n) is 3.37. The van der Waals surface area contributed by atoms with E-state index in [0.29, 0.717) is 12.5 Å². The van der Waals surface area contributed by atoms with Crippen LogP contribution in [0.15, 0.2) is 35.3 Å². The van der Waals surface area contributed by atoms with Crippen molar-refractivity contribution in [2.24, 2.45) is 16.8 Å². The molecule has 3 atom stereocenters. The van der Waals surface area contributed by atoms with E-state index >= 15 is 0 Å². The lowest BCUT2D eigenvalue weighted by Crippen LogP contribution is -2.42. The Hall–Kier alpha value is -1.31. The van der Waals surface area contributed by atoms with Gasteiger partial charge in [0.25, 0.3) is 0 Å². The number of esters is 1. The van der Waals surface area contributed by atoms with Crippen molar-refractivity contribution in [3.63, 3.8) is 0 Å². The topological polar surface area (TPSA) is 53.9 Å². The smallest absolute Gasteiger partial charge is 0.310 e. The maximum absolute atomic E-state index is 11.9. The minimum Gasteiger partial charge on any atom is -0.469 e. The molecule has 0 radical (unpaired) electrons. The molecule has 1 aromatic carbocycles. The summed E-state index contributed by atoms with van der Waals surface area (Å²) in [4.78, 5) is 18.4. The Labute approximate surface area is 168 Å². The zero-order valence-corrected chi connectivity index (χ0v) is 17.9. The number of aliphatic imine (C=N–C) groups is 1. The molecule has 1 aromatic rings. The van der Waals surface area contributed by atoms with E-state index in [2.05, 4.69) is 53.3 Å². The molecular formula is C19H30IN3O2. The molecule has 5 nitrogen and oxygen atoms in total. The summed E-state index contributed by atoms with van der Waals surface area (Å²) in [7, 11) is 3.25. The van der Waals surface area contributed by atoms with E-state index in [1.807, 2.05) is 6.07 Å². The molecule has 0 amide bonds. The summed E-state index contributed by atoms with van der Waals surface area (Å²) in [5.41, 5.74) is 1.34. The summed E-state index contributed by atoms with van der Waals surface area (Å²) in [5.74, 6) is 1.37. The molecule has 1 N–H and O–H groups in total. The highest BCUT2D eigenvalue weighted by Crippen LogP contribution is 2.24. The van der Waals surface area contributed by atoms with Gasteiger partial charge in [0, 0.05) is 32.6 Å². The van der Waals surface area contributed by atoms with Gasteiger partial charge in [-0.3, -0.25) is 9.79 Å². The second-order valence-corrected chi connectivity index (χ2v) is 6.46. The van der Waals surface area contributed by atoms with Crippen molar-refractivity contribution in [2.75, 3.05) is 33.8 Å². The van der Waals surface area contributed by atoms with Gasteiger partial charge in [0.2, 0.25) is 0 Å². The van der Waals surface area contributed by atoms with Crippen molar-refractivity contribution in [3.8, 4) is 0 Å². The van der Waals surface area contributed by atoms with Crippen LogP contribution in [-0.4, -0.2) is 50.6 Å². The van der Waals surface area contributed by atoms with E-state index in [4.69, 9.17) is 4.74 Å². The van der Waals surface area contributed by atoms with E-state index in [1.165, 1.54) is 12.7 Å². The first kappa shape index (κ1) is 21.7. The predicted molar refractivity (Wildman–Crippen MR) is 112 cm³/mol. The molecule has 6 heteroatoms. The number of nitrogens with zero attached hydrogens (tertiary/aromatic N) is 2. The monoisotopic (exact) mass is 459 g/mol. The van der Waals surface area contributed by atoms with Crippen molar-refractivity contribution >= 4 is 35.9 Å². The third kappa shape index (κ3) is 5.59. The largest absolute Gasteiger partial charge is 0.469 e. The first-order valence-corrected chi connectivity index (χ1v) is 8.69. The summed E-state index contributed by atoms with van der Waals surface area (Å²) in [6.45, 7) is 6.61. The zero-order chi connectivity index (χ0) is 17.5. The summed E-state index contributed by atoms with van der Waals surface area (Å²) < 4.78 is 4.91. The van der Waals surface area contributed by atoms with Gasteiger partial charge in [0.1, 0.15) is 0 Å². The quantitative estimate of drug-likeness (QED) is 0.318. The molecule has 1 saturated heterocycles. The zero-order valence-electron chi connectivity index (χ0n) is 15.6. The maximum Gasteiger partial charge on any atom is 0.310 e. The average molecular weight is 459 g/mol. The van der Waals surface area contributed by atoms with E-state index in [1.54, 1.807) is 7.05 Å². The van der Waals surface area contributed by atoms with Gasteiger partial charge in [-0.25, -0.2) is 0 Å². The number of guanidine groups is 1. The fraction of sp³-hybridized carbons (Fsp3) is 0.579. The van der Waals surface area contributed by atoms with Crippen molar-refractivity contribution in [1.29, 1.82) is 0 Å². The maximum atomic E-state index is 11.9. The molecule has 0 bridgehead atoms. The second-order valence-electron chi connectivity index (χ2n) is 6.46. The van der Waals surface area contributed by atoms with Crippen LogP contribution in [0.1, 0.15) is 31.7 Å². The molecule has 0 spiro atoms. The van der Waals surface area contributed by atoms with Crippen LogP contribution < -0.4 is 5.32 Å². The molecule has 140 valence electrons. The average Bonchev–Trinajstić information content (AvgIpc) is 3.00. The highest BCUT2D eigenvalue weighted by molar-refractivity contribution is 14.0. The number of methoxy groups -OCH3 is 1. The summed E-state index contributed by atoms with van der Waals surface area (Å²) in [6, 6.07) is 10.5. The third-order valence-electron chi connectivity index (χ3n) is 4.90. The standard InChI is InChI=1S/C19H29N3O2.HI/c1-5-15(16-9-7-6-8-10-16)11-21-19(20-3)22-12-14(2)17(13-22)18(23)24-4;/h6-10,14-15,17H,5,11-13H2,1-4H3,(H,20,21);1H. The van der Waals surface area contributed by atoms with Crippen LogP contribution in [0.5, 0.6) is 0 Å². The Morgan fingerprint density at radius 3 is 2.60 bits per heavy atom. The lowest BCUT2D eigenvalue weighted by molar-refractivity contribution is -0.145. The minimum atomic E-state index is -0.129. The van der Waals surface area contributed by atoms with Gasteiger partial charge in [-0.2, -0.15) is 0 Å². The van der Waals surface area contributed by atoms with Crippen molar-refractivity contribution in [3.05, 3.63) is 35.9 Å². The van der Waals surface area contributed by atoms with Crippen LogP contribution in [0.2, 0.25) is 0 Å². The van der Waals surface area contributed by atoms with Crippen LogP contribution in [0.25, 0.3) is 0 Å². The van der Waals surface area contributed by atoms with E-state index in [0.717, 1.165) is 25.5 Å². The number of likely N-dealkylation sites (tertiary alicyclic amines) is 1. The third-order valence-corrected chi connectivity index (χ3v) is 4.90. The predicted octanol–water partition coefficient (Wildman–Crippen LogP) is 3.11. The van der Waals surface area contributed by atoms with Gasteiger partial charge in [-0.05, 0) is 17.9 Å². The first-order valence-electron chi connectivity index (χ1n) is 8.69. The lowest BCUT2D eigenvalue weighted by atomic mass is 9.97. The number of carbonyl (C=O) groups is 1. The molecule has 0 aromatic heterocycles. The highest BCUT2D eigenvalue weighted by Gasteiger charge is 2.36. The molecule has 1 aliphatic rings. The van der Waals surface area contributed by atoms with Crippen molar-refractivity contribution in [2.45, 2.75) is 26.2 Å². The number of hydrogen-bond donors (Lipinski definition) is 1. The molecule has 2 rings (SSSR count). The van der Waals surface area contributed by atoms with Crippen LogP contribution in [-0.2, 0) is 9.53 Å². The molecular weight excluding hydrogens is 429 g/mol. The van der Waals surface area contributed by atoms with E-state index in [9.17, 15) is 4.79 Å². The van der Waals surface area contributed by atoms with Crippen molar-refractivity contribution in [1.82, 2.24) is 10.2 Å². The Balaban J connectivity index is 0.00000312. The lowest BCUT2D eigenvalue weighted by Gasteiger charge is -2.24. The molecule has 1 heterocycles. The first-order chi connectivity index (χ1) is 11.6. The van der Waals surface area contributed by atoms with Crippen LogP contribution in [0, 0.1) is 11.8 Å². The van der Waals surface area contributed by atoms with Gasteiger partial charge >= 0.3 is 5.97 Å². The van der Waals surface area contributed by atoms with Gasteiger partial charge in [-0.15, -0.1) is 24.0 Å². The number of nitrogens with one attached hydrogen (secondary N) is 1. The molecule has 1 fully saturated rings. The Morgan fingerprint density at radius 2 is 2.04 bits per heavy atom. The van der Waals surface area contributed by atoms with Crippen molar-refractivity contribution < 1.29 is 9.53 Å². The minimum absolute atomic E-state index is 0. The molecule has 3 unspecified atom stereocenters. The number of carbonyl (C=O) groups excluding carboxylic acids is 1. The van der Waals surface area contributed by atoms with Gasteiger partial charge in [-0.1, -0.05) is 44.2 Å². The van der Waals surface area contributed by atoms with Crippen LogP contribution >= 0.6 is 24.0 Å². The van der Waals surface area contributed by atoms with Crippen LogP contribution in [0.4, 0.5) is 0 Å². The molecule has 0 aliphatic carbocycles. The van der Waals surface area contributed by atoms with Gasteiger partial charge < -0.3 is 15.0 Å². The number of benzene rings is 1. The summed E-state index contributed by atoms with van der Waals surface area (Å²) >= 11 is 0. The van der Waals surface area contributed by atoms with Gasteiger partial charge in [0.15, 0.2) is 5.96 Å². The fourth-order valence-corrected chi connectivity index (χ4v) is 3.37. The number of rotatable bonds is 5. The Kier molecular flexibility index (Phi) is 9.24. The van der Waals surface area contributed by atoms with E-state index < -0.39 is 0 Å². The molecule has 0 saturated carbocycles.